The summed E-state index contributed by atoms with van der Waals surface area (Å²) in [5.41, 5.74) is 0.283. The lowest BCUT2D eigenvalue weighted by atomic mass is 10.2. The molecule has 2 heterocycles. The minimum absolute atomic E-state index is 0.0533. The van der Waals surface area contributed by atoms with Gasteiger partial charge in [-0.1, -0.05) is 23.9 Å². The zero-order valence-corrected chi connectivity index (χ0v) is 14.8. The number of halogens is 2. The van der Waals surface area contributed by atoms with Crippen molar-refractivity contribution in [2.75, 3.05) is 18.5 Å². The summed E-state index contributed by atoms with van der Waals surface area (Å²) in [5, 5.41) is 3.66. The first-order valence-electron chi connectivity index (χ1n) is 7.87. The van der Waals surface area contributed by atoms with E-state index in [1.54, 1.807) is 18.3 Å². The van der Waals surface area contributed by atoms with Gasteiger partial charge in [0.05, 0.1) is 6.61 Å². The zero-order valence-electron chi connectivity index (χ0n) is 14.0. The van der Waals surface area contributed by atoms with E-state index in [-0.39, 0.29) is 17.4 Å². The third kappa shape index (κ3) is 4.87. The molecule has 0 saturated carbocycles. The van der Waals surface area contributed by atoms with Gasteiger partial charge < -0.3 is 14.8 Å². The molecule has 8 heteroatoms. The topological polar surface area (TPSA) is 56.3 Å². The Hall–Kier alpha value is -1.77. The number of hydrogen-bond acceptors (Lipinski definition) is 6. The van der Waals surface area contributed by atoms with E-state index in [0.717, 1.165) is 6.07 Å². The monoisotopic (exact) mass is 367 g/mol. The van der Waals surface area contributed by atoms with Gasteiger partial charge in [-0.2, -0.15) is 0 Å². The molecular weight excluding hydrogens is 348 g/mol. The third-order valence-electron chi connectivity index (χ3n) is 3.60. The van der Waals surface area contributed by atoms with E-state index < -0.39 is 17.4 Å². The molecule has 1 aliphatic rings. The normalized spacial score (nSPS) is 19.1. The molecule has 1 unspecified atom stereocenters. The molecule has 1 atom stereocenters. The highest BCUT2D eigenvalue weighted by Crippen LogP contribution is 2.24. The molecule has 0 radical (unpaired) electrons. The van der Waals surface area contributed by atoms with Crippen LogP contribution in [0.2, 0.25) is 0 Å². The maximum Gasteiger partial charge on any atom is 0.189 e. The fourth-order valence-electron chi connectivity index (χ4n) is 2.39. The van der Waals surface area contributed by atoms with Crippen molar-refractivity contribution in [3.63, 3.8) is 0 Å². The Morgan fingerprint density at radius 2 is 2.16 bits per heavy atom. The third-order valence-corrected chi connectivity index (χ3v) is 4.51. The van der Waals surface area contributed by atoms with Crippen LogP contribution in [0.1, 0.15) is 19.4 Å². The van der Waals surface area contributed by atoms with Crippen molar-refractivity contribution in [2.45, 2.75) is 36.6 Å². The average molecular weight is 367 g/mol. The molecule has 0 amide bonds. The minimum Gasteiger partial charge on any atom is -0.367 e. The van der Waals surface area contributed by atoms with Crippen LogP contribution in [-0.4, -0.2) is 35.0 Å². The van der Waals surface area contributed by atoms with Gasteiger partial charge in [-0.3, -0.25) is 0 Å². The molecule has 134 valence electrons. The number of hydrogen-bond donors (Lipinski definition) is 1. The van der Waals surface area contributed by atoms with Crippen LogP contribution in [0.4, 0.5) is 14.6 Å². The van der Waals surface area contributed by atoms with Crippen LogP contribution in [0, 0.1) is 11.6 Å². The van der Waals surface area contributed by atoms with E-state index in [0.29, 0.717) is 24.1 Å². The van der Waals surface area contributed by atoms with Crippen LogP contribution in [-0.2, 0) is 15.2 Å². The Kier molecular flexibility index (Phi) is 5.51. The molecule has 1 saturated heterocycles. The molecule has 2 aromatic rings. The second kappa shape index (κ2) is 7.63. The minimum atomic E-state index is -0.851. The maximum absolute atomic E-state index is 13.7. The van der Waals surface area contributed by atoms with Gasteiger partial charge in [0.1, 0.15) is 11.9 Å². The van der Waals surface area contributed by atoms with E-state index in [1.807, 2.05) is 13.8 Å². The molecule has 25 heavy (non-hydrogen) atoms. The van der Waals surface area contributed by atoms with Crippen LogP contribution >= 0.6 is 11.8 Å². The summed E-state index contributed by atoms with van der Waals surface area (Å²) in [7, 11) is 0. The summed E-state index contributed by atoms with van der Waals surface area (Å²) in [6.45, 7) is 4.82. The van der Waals surface area contributed by atoms with Gasteiger partial charge in [0.25, 0.3) is 0 Å². The fraction of sp³-hybridized carbons (Fsp3) is 0.412. The van der Waals surface area contributed by atoms with E-state index in [9.17, 15) is 8.78 Å². The van der Waals surface area contributed by atoms with Crippen molar-refractivity contribution < 1.29 is 18.3 Å². The Bertz CT molecular complexity index is 746. The van der Waals surface area contributed by atoms with Crippen LogP contribution in [0.3, 0.4) is 0 Å². The highest BCUT2D eigenvalue weighted by atomic mass is 32.2. The van der Waals surface area contributed by atoms with E-state index >= 15 is 0 Å². The van der Waals surface area contributed by atoms with Gasteiger partial charge in [-0.15, -0.1) is 0 Å². The standard InChI is InChI=1S/C17H19F2N3O2S/c1-17(2)23-9-12(24-17)8-21-14-6-7-20-16(22-14)25-10-11-4-3-5-13(18)15(11)19/h3-7,12H,8-10H2,1-2H3,(H,20,21,22). The smallest absolute Gasteiger partial charge is 0.189 e. The molecular formula is C17H19F2N3O2S. The number of rotatable bonds is 6. The van der Waals surface area contributed by atoms with Gasteiger partial charge in [-0.05, 0) is 26.0 Å². The van der Waals surface area contributed by atoms with Gasteiger partial charge in [0, 0.05) is 24.1 Å². The molecule has 1 fully saturated rings. The lowest BCUT2D eigenvalue weighted by Gasteiger charge is -2.17. The summed E-state index contributed by atoms with van der Waals surface area (Å²) < 4.78 is 38.1. The maximum atomic E-state index is 13.7. The number of nitrogens with zero attached hydrogens (tertiary/aromatic N) is 2. The van der Waals surface area contributed by atoms with E-state index in [2.05, 4.69) is 15.3 Å². The molecule has 1 aromatic carbocycles. The lowest BCUT2D eigenvalue weighted by Crippen LogP contribution is -2.26. The van der Waals surface area contributed by atoms with Crippen LogP contribution in [0.5, 0.6) is 0 Å². The summed E-state index contributed by atoms with van der Waals surface area (Å²) in [6.07, 6.45) is 1.57. The molecule has 0 spiro atoms. The Labute approximate surface area is 149 Å². The molecule has 3 rings (SSSR count). The average Bonchev–Trinajstić information content (AvgIpc) is 2.94. The fourth-order valence-corrected chi connectivity index (χ4v) is 3.20. The summed E-state index contributed by atoms with van der Waals surface area (Å²) in [6, 6.07) is 5.87. The quantitative estimate of drug-likeness (QED) is 0.622. The number of aromatic nitrogens is 2. The van der Waals surface area contributed by atoms with E-state index in [4.69, 9.17) is 9.47 Å². The molecule has 0 aliphatic carbocycles. The SMILES string of the molecule is CC1(C)OCC(CNc2ccnc(SCc3cccc(F)c3F)n2)O1. The van der Waals surface area contributed by atoms with Gasteiger partial charge in [0.15, 0.2) is 22.6 Å². The number of thioether (sulfide) groups is 1. The first kappa shape index (κ1) is 18.0. The van der Waals surface area contributed by atoms with Crippen molar-refractivity contribution in [2.24, 2.45) is 0 Å². The highest BCUT2D eigenvalue weighted by Gasteiger charge is 2.32. The largest absolute Gasteiger partial charge is 0.367 e. The van der Waals surface area contributed by atoms with Crippen molar-refractivity contribution in [1.29, 1.82) is 0 Å². The van der Waals surface area contributed by atoms with Crippen molar-refractivity contribution in [1.82, 2.24) is 9.97 Å². The molecule has 5 nitrogen and oxygen atoms in total. The van der Waals surface area contributed by atoms with Crippen molar-refractivity contribution in [3.05, 3.63) is 47.7 Å². The summed E-state index contributed by atoms with van der Waals surface area (Å²) in [5.74, 6) is -1.35. The van der Waals surface area contributed by atoms with Crippen molar-refractivity contribution in [3.8, 4) is 0 Å². The Morgan fingerprint density at radius 1 is 1.32 bits per heavy atom. The highest BCUT2D eigenvalue weighted by molar-refractivity contribution is 7.98. The van der Waals surface area contributed by atoms with Crippen LogP contribution in [0.15, 0.2) is 35.6 Å². The molecule has 1 aromatic heterocycles. The summed E-state index contributed by atoms with van der Waals surface area (Å²) >= 11 is 1.24. The van der Waals surface area contributed by atoms with Gasteiger partial charge in [0.2, 0.25) is 0 Å². The van der Waals surface area contributed by atoms with Crippen molar-refractivity contribution >= 4 is 17.6 Å². The number of anilines is 1. The van der Waals surface area contributed by atoms with Crippen LogP contribution in [0.25, 0.3) is 0 Å². The predicted molar refractivity (Wildman–Crippen MR) is 91.3 cm³/mol. The molecule has 1 aliphatic heterocycles. The van der Waals surface area contributed by atoms with Gasteiger partial charge in [-0.25, -0.2) is 18.7 Å². The Balaban J connectivity index is 1.55. The molecule has 1 N–H and O–H groups in total. The van der Waals surface area contributed by atoms with Crippen LogP contribution < -0.4 is 5.32 Å². The molecule has 0 bridgehead atoms. The number of benzene rings is 1. The number of nitrogens with one attached hydrogen (secondary N) is 1. The first-order valence-corrected chi connectivity index (χ1v) is 8.86. The van der Waals surface area contributed by atoms with Gasteiger partial charge >= 0.3 is 0 Å². The van der Waals surface area contributed by atoms with E-state index in [1.165, 1.54) is 17.8 Å². The number of ether oxygens (including phenoxy) is 2. The second-order valence-corrected chi connectivity index (χ2v) is 7.00. The predicted octanol–water partition coefficient (Wildman–Crippen LogP) is 3.61. The zero-order chi connectivity index (χ0) is 17.9. The lowest BCUT2D eigenvalue weighted by molar-refractivity contribution is -0.136. The summed E-state index contributed by atoms with van der Waals surface area (Å²) in [4.78, 5) is 8.51. The Morgan fingerprint density at radius 3 is 2.92 bits per heavy atom. The second-order valence-electron chi connectivity index (χ2n) is 6.06. The first-order chi connectivity index (χ1) is 11.9.